The van der Waals surface area contributed by atoms with Crippen LogP contribution in [0.4, 0.5) is 4.39 Å². The molecule has 0 atom stereocenters. The van der Waals surface area contributed by atoms with Crippen molar-refractivity contribution in [2.75, 3.05) is 6.61 Å². The van der Waals surface area contributed by atoms with Crippen molar-refractivity contribution in [3.8, 4) is 0 Å². The van der Waals surface area contributed by atoms with E-state index in [4.69, 9.17) is 4.74 Å². The number of benzene rings is 1. The second-order valence-corrected chi connectivity index (χ2v) is 4.08. The molecule has 2 rings (SSSR count). The van der Waals surface area contributed by atoms with Crippen LogP contribution in [0.25, 0.3) is 0 Å². The number of Topliss-reactive ketones (excluding diaryl/α,β-unsaturated/α-hetero) is 1. The molecule has 0 aromatic heterocycles. The van der Waals surface area contributed by atoms with Crippen LogP contribution in [-0.2, 0) is 4.74 Å². The summed E-state index contributed by atoms with van der Waals surface area (Å²) in [5.41, 5.74) is 1.11. The van der Waals surface area contributed by atoms with Crippen LogP contribution in [0.5, 0.6) is 0 Å². The van der Waals surface area contributed by atoms with E-state index in [1.54, 1.807) is 0 Å². The molecule has 78 valence electrons. The van der Waals surface area contributed by atoms with Gasteiger partial charge in [0.25, 0.3) is 0 Å². The van der Waals surface area contributed by atoms with Crippen LogP contribution in [0.2, 0.25) is 0 Å². The maximum Gasteiger partial charge on any atom is 0.192 e. The number of halogens is 2. The summed E-state index contributed by atoms with van der Waals surface area (Å²) in [7, 11) is 0. The first-order chi connectivity index (χ1) is 7.18. The lowest BCUT2D eigenvalue weighted by molar-refractivity contribution is 0.103. The maximum absolute atomic E-state index is 12.9. The Morgan fingerprint density at radius 2 is 2.27 bits per heavy atom. The standard InChI is InChI=1S/C11H8BrFO2/c12-9-5-7(1-2-10(9)13)11(14)8-3-4-15-6-8/h1-2,5-6H,3-4H2. The van der Waals surface area contributed by atoms with Crippen LogP contribution in [0.3, 0.4) is 0 Å². The van der Waals surface area contributed by atoms with Gasteiger partial charge in [0, 0.05) is 17.6 Å². The van der Waals surface area contributed by atoms with E-state index >= 15 is 0 Å². The lowest BCUT2D eigenvalue weighted by Gasteiger charge is -2.01. The second-order valence-electron chi connectivity index (χ2n) is 3.22. The first kappa shape index (κ1) is 10.4. The SMILES string of the molecule is O=C(C1=COCC1)c1ccc(F)c(Br)c1. The van der Waals surface area contributed by atoms with E-state index < -0.39 is 0 Å². The van der Waals surface area contributed by atoms with Gasteiger partial charge in [-0.05, 0) is 34.1 Å². The minimum absolute atomic E-state index is 0.104. The molecule has 0 bridgehead atoms. The van der Waals surface area contributed by atoms with Crippen LogP contribution in [0.1, 0.15) is 16.8 Å². The van der Waals surface area contributed by atoms with Crippen molar-refractivity contribution in [1.82, 2.24) is 0 Å². The molecule has 1 aromatic carbocycles. The first-order valence-corrected chi connectivity index (χ1v) is 5.28. The van der Waals surface area contributed by atoms with Crippen LogP contribution < -0.4 is 0 Å². The van der Waals surface area contributed by atoms with Crippen LogP contribution in [-0.4, -0.2) is 12.4 Å². The quantitative estimate of drug-likeness (QED) is 0.773. The summed E-state index contributed by atoms with van der Waals surface area (Å²) < 4.78 is 18.2. The molecule has 2 nitrogen and oxygen atoms in total. The molecule has 0 amide bonds. The molecule has 0 unspecified atom stereocenters. The van der Waals surface area contributed by atoms with Gasteiger partial charge in [-0.1, -0.05) is 0 Å². The Hall–Kier alpha value is -1.16. The minimum Gasteiger partial charge on any atom is -0.500 e. The topological polar surface area (TPSA) is 26.3 Å². The molecule has 0 saturated carbocycles. The third-order valence-electron chi connectivity index (χ3n) is 2.19. The van der Waals surface area contributed by atoms with Gasteiger partial charge >= 0.3 is 0 Å². The first-order valence-electron chi connectivity index (χ1n) is 4.49. The van der Waals surface area contributed by atoms with E-state index in [0.717, 1.165) is 0 Å². The minimum atomic E-state index is -0.372. The van der Waals surface area contributed by atoms with Crippen molar-refractivity contribution in [1.29, 1.82) is 0 Å². The highest BCUT2D eigenvalue weighted by molar-refractivity contribution is 9.10. The summed E-state index contributed by atoms with van der Waals surface area (Å²) in [6, 6.07) is 4.23. The van der Waals surface area contributed by atoms with E-state index in [1.165, 1.54) is 24.5 Å². The fourth-order valence-corrected chi connectivity index (χ4v) is 1.76. The molecule has 1 aliphatic heterocycles. The van der Waals surface area contributed by atoms with Gasteiger partial charge in [0.1, 0.15) is 5.82 Å². The van der Waals surface area contributed by atoms with Crippen LogP contribution in [0.15, 0.2) is 34.5 Å². The van der Waals surface area contributed by atoms with Gasteiger partial charge in [0.15, 0.2) is 5.78 Å². The Morgan fingerprint density at radius 3 is 2.87 bits per heavy atom. The van der Waals surface area contributed by atoms with Gasteiger partial charge in [-0.25, -0.2) is 4.39 Å². The second kappa shape index (κ2) is 4.14. The summed E-state index contributed by atoms with van der Waals surface area (Å²) in [4.78, 5) is 11.8. The van der Waals surface area contributed by atoms with E-state index in [0.29, 0.717) is 28.6 Å². The molecule has 4 heteroatoms. The molecule has 0 spiro atoms. The number of hydrogen-bond donors (Lipinski definition) is 0. The molecular weight excluding hydrogens is 263 g/mol. The number of rotatable bonds is 2. The fraction of sp³-hybridized carbons (Fsp3) is 0.182. The zero-order valence-electron chi connectivity index (χ0n) is 7.80. The molecule has 0 aliphatic carbocycles. The summed E-state index contributed by atoms with van der Waals surface area (Å²) in [5.74, 6) is -0.476. The number of carbonyl (C=O) groups excluding carboxylic acids is 1. The summed E-state index contributed by atoms with van der Waals surface area (Å²) in [5, 5.41) is 0. The predicted molar refractivity (Wildman–Crippen MR) is 57.1 cm³/mol. The Bertz CT molecular complexity index is 440. The average Bonchev–Trinajstić information content (AvgIpc) is 2.74. The molecule has 0 saturated heterocycles. The number of ether oxygens (including phenoxy) is 1. The van der Waals surface area contributed by atoms with E-state index in [9.17, 15) is 9.18 Å². The molecule has 1 aliphatic rings. The highest BCUT2D eigenvalue weighted by atomic mass is 79.9. The van der Waals surface area contributed by atoms with Crippen molar-refractivity contribution >= 4 is 21.7 Å². The zero-order chi connectivity index (χ0) is 10.8. The van der Waals surface area contributed by atoms with Crippen molar-refractivity contribution in [2.45, 2.75) is 6.42 Å². The van der Waals surface area contributed by atoms with E-state index in [-0.39, 0.29) is 11.6 Å². The maximum atomic E-state index is 12.9. The van der Waals surface area contributed by atoms with Crippen LogP contribution >= 0.6 is 15.9 Å². The van der Waals surface area contributed by atoms with Gasteiger partial charge in [-0.15, -0.1) is 0 Å². The Morgan fingerprint density at radius 1 is 1.47 bits per heavy atom. The van der Waals surface area contributed by atoms with Crippen molar-refractivity contribution < 1.29 is 13.9 Å². The highest BCUT2D eigenvalue weighted by Crippen LogP contribution is 2.21. The van der Waals surface area contributed by atoms with E-state index in [2.05, 4.69) is 15.9 Å². The molecule has 15 heavy (non-hydrogen) atoms. The average molecular weight is 271 g/mol. The van der Waals surface area contributed by atoms with Gasteiger partial charge in [-0.3, -0.25) is 4.79 Å². The largest absolute Gasteiger partial charge is 0.500 e. The van der Waals surface area contributed by atoms with Crippen molar-refractivity contribution in [2.24, 2.45) is 0 Å². The van der Waals surface area contributed by atoms with Gasteiger partial charge in [-0.2, -0.15) is 0 Å². The summed E-state index contributed by atoms with van der Waals surface area (Å²) in [6.45, 7) is 0.545. The molecule has 1 aromatic rings. The fourth-order valence-electron chi connectivity index (χ4n) is 1.38. The van der Waals surface area contributed by atoms with E-state index in [1.807, 2.05) is 0 Å². The smallest absolute Gasteiger partial charge is 0.192 e. The molecule has 0 N–H and O–H groups in total. The van der Waals surface area contributed by atoms with Crippen molar-refractivity contribution in [3.05, 3.63) is 45.9 Å². The van der Waals surface area contributed by atoms with Gasteiger partial charge < -0.3 is 4.74 Å². The molecule has 0 fully saturated rings. The predicted octanol–water partition coefficient (Wildman–Crippen LogP) is 3.08. The van der Waals surface area contributed by atoms with Crippen molar-refractivity contribution in [3.63, 3.8) is 0 Å². The monoisotopic (exact) mass is 270 g/mol. The zero-order valence-corrected chi connectivity index (χ0v) is 9.38. The van der Waals surface area contributed by atoms with Gasteiger partial charge in [0.2, 0.25) is 0 Å². The normalized spacial score (nSPS) is 14.7. The van der Waals surface area contributed by atoms with Crippen LogP contribution in [0, 0.1) is 5.82 Å². The Kier molecular flexibility index (Phi) is 2.86. The third kappa shape index (κ3) is 2.09. The lowest BCUT2D eigenvalue weighted by atomic mass is 10.0. The molecular formula is C11H8BrFO2. The Balaban J connectivity index is 2.29. The lowest BCUT2D eigenvalue weighted by Crippen LogP contribution is -2.02. The number of carbonyl (C=O) groups is 1. The number of hydrogen-bond acceptors (Lipinski definition) is 2. The Labute approximate surface area is 94.9 Å². The summed E-state index contributed by atoms with van der Waals surface area (Å²) >= 11 is 3.04. The third-order valence-corrected chi connectivity index (χ3v) is 2.80. The van der Waals surface area contributed by atoms with Gasteiger partial charge in [0.05, 0.1) is 17.3 Å². The highest BCUT2D eigenvalue weighted by Gasteiger charge is 2.17. The molecule has 0 radical (unpaired) electrons. The molecule has 1 heterocycles. The number of ketones is 1. The summed E-state index contributed by atoms with van der Waals surface area (Å²) in [6.07, 6.45) is 2.09.